The van der Waals surface area contributed by atoms with Gasteiger partial charge in [-0.25, -0.2) is 4.79 Å². The highest BCUT2D eigenvalue weighted by atomic mass is 35.5. The molecule has 0 radical (unpaired) electrons. The smallest absolute Gasteiger partial charge is 0.336 e. The number of ketones is 1. The zero-order valence-electron chi connectivity index (χ0n) is 22.5. The number of hydrogen-bond donors (Lipinski definition) is 1. The average Bonchev–Trinajstić information content (AvgIpc) is 2.91. The van der Waals surface area contributed by atoms with Crippen molar-refractivity contribution < 1.29 is 28.5 Å². The third-order valence-electron chi connectivity index (χ3n) is 7.14. The van der Waals surface area contributed by atoms with Crippen LogP contribution in [0.1, 0.15) is 62.5 Å². The van der Waals surface area contributed by atoms with Crippen LogP contribution in [-0.4, -0.2) is 39.7 Å². The number of methoxy groups -OCH3 is 3. The predicted octanol–water partition coefficient (Wildman–Crippen LogP) is 6.07. The van der Waals surface area contributed by atoms with Crippen LogP contribution in [0.15, 0.2) is 58.9 Å². The van der Waals surface area contributed by atoms with Crippen molar-refractivity contribution in [1.82, 2.24) is 5.32 Å². The van der Waals surface area contributed by atoms with Gasteiger partial charge in [-0.2, -0.15) is 0 Å². The number of carbonyl (C=O) groups excluding carboxylic acids is 2. The van der Waals surface area contributed by atoms with Crippen molar-refractivity contribution in [2.75, 3.05) is 27.9 Å². The van der Waals surface area contributed by atoms with Gasteiger partial charge in [0.25, 0.3) is 0 Å². The Morgan fingerprint density at radius 1 is 1.00 bits per heavy atom. The molecule has 1 aliphatic carbocycles. The predicted molar refractivity (Wildman–Crippen MR) is 146 cm³/mol. The van der Waals surface area contributed by atoms with E-state index in [9.17, 15) is 9.59 Å². The van der Waals surface area contributed by atoms with E-state index in [-0.39, 0.29) is 11.7 Å². The SMILES string of the molecule is CCCCOC(=O)C1=C(C)NC2=C(C(=O)CC(c3ccc(Cl)cc3)C2)C1c1cc(OC)c(OC)c(OC)c1. The summed E-state index contributed by atoms with van der Waals surface area (Å²) in [4.78, 5) is 27.3. The lowest BCUT2D eigenvalue weighted by atomic mass is 9.71. The maximum absolute atomic E-state index is 13.8. The molecule has 0 saturated carbocycles. The first-order valence-electron chi connectivity index (χ1n) is 12.8. The molecule has 4 rings (SSSR count). The summed E-state index contributed by atoms with van der Waals surface area (Å²) in [6.07, 6.45) is 2.61. The first-order chi connectivity index (χ1) is 18.3. The molecule has 2 aromatic rings. The minimum atomic E-state index is -0.646. The number of nitrogens with one attached hydrogen (secondary N) is 1. The van der Waals surface area contributed by atoms with Crippen molar-refractivity contribution in [2.24, 2.45) is 0 Å². The van der Waals surface area contributed by atoms with Gasteiger partial charge in [-0.05, 0) is 61.1 Å². The maximum Gasteiger partial charge on any atom is 0.336 e. The summed E-state index contributed by atoms with van der Waals surface area (Å²) in [5.41, 5.74) is 4.18. The lowest BCUT2D eigenvalue weighted by molar-refractivity contribution is -0.139. The maximum atomic E-state index is 13.8. The highest BCUT2D eigenvalue weighted by Gasteiger charge is 2.42. The highest BCUT2D eigenvalue weighted by molar-refractivity contribution is 6.30. The lowest BCUT2D eigenvalue weighted by Gasteiger charge is -2.37. The molecule has 0 spiro atoms. The summed E-state index contributed by atoms with van der Waals surface area (Å²) in [6, 6.07) is 11.2. The van der Waals surface area contributed by atoms with E-state index >= 15 is 0 Å². The van der Waals surface area contributed by atoms with Crippen molar-refractivity contribution in [3.8, 4) is 17.2 Å². The molecule has 0 amide bonds. The molecule has 202 valence electrons. The molecule has 0 bridgehead atoms. The molecule has 2 aromatic carbocycles. The minimum absolute atomic E-state index is 0.00235. The molecule has 2 atom stereocenters. The fourth-order valence-corrected chi connectivity index (χ4v) is 5.39. The monoisotopic (exact) mass is 539 g/mol. The van der Waals surface area contributed by atoms with E-state index in [1.165, 1.54) is 21.3 Å². The lowest BCUT2D eigenvalue weighted by Crippen LogP contribution is -2.36. The van der Waals surface area contributed by atoms with Crippen molar-refractivity contribution >= 4 is 23.4 Å². The minimum Gasteiger partial charge on any atom is -0.493 e. The zero-order chi connectivity index (χ0) is 27.4. The second-order valence-corrected chi connectivity index (χ2v) is 9.95. The normalized spacial score (nSPS) is 19.1. The van der Waals surface area contributed by atoms with Crippen LogP contribution in [0.3, 0.4) is 0 Å². The number of esters is 1. The van der Waals surface area contributed by atoms with Crippen LogP contribution in [0.4, 0.5) is 0 Å². The quantitative estimate of drug-likeness (QED) is 0.306. The van der Waals surface area contributed by atoms with Crippen molar-refractivity contribution in [1.29, 1.82) is 0 Å². The number of carbonyl (C=O) groups is 2. The number of dihydropyridines is 1. The Morgan fingerprint density at radius 3 is 2.24 bits per heavy atom. The molecule has 8 heteroatoms. The largest absolute Gasteiger partial charge is 0.493 e. The molecule has 2 unspecified atom stereocenters. The second kappa shape index (κ2) is 11.9. The van der Waals surface area contributed by atoms with Gasteiger partial charge in [0.05, 0.1) is 33.5 Å². The number of unbranched alkanes of at least 4 members (excludes halogenated alkanes) is 1. The number of Topliss-reactive ketones (excluding diaryl/α,β-unsaturated/α-hetero) is 1. The molecule has 7 nitrogen and oxygen atoms in total. The van der Waals surface area contributed by atoms with Crippen LogP contribution in [0, 0.1) is 0 Å². The third-order valence-corrected chi connectivity index (χ3v) is 7.39. The van der Waals surface area contributed by atoms with E-state index < -0.39 is 11.9 Å². The van der Waals surface area contributed by atoms with Crippen molar-refractivity contribution in [3.63, 3.8) is 0 Å². The summed E-state index contributed by atoms with van der Waals surface area (Å²) in [6.45, 7) is 4.20. The van der Waals surface area contributed by atoms with E-state index in [0.717, 1.165) is 24.1 Å². The van der Waals surface area contributed by atoms with Crippen LogP contribution < -0.4 is 19.5 Å². The van der Waals surface area contributed by atoms with E-state index in [0.29, 0.717) is 64.1 Å². The molecule has 1 aliphatic heterocycles. The summed E-state index contributed by atoms with van der Waals surface area (Å²) in [5, 5.41) is 4.04. The molecule has 1 heterocycles. The van der Waals surface area contributed by atoms with Crippen LogP contribution in [-0.2, 0) is 14.3 Å². The molecular weight excluding hydrogens is 506 g/mol. The Kier molecular flexibility index (Phi) is 8.67. The van der Waals surface area contributed by atoms with Gasteiger partial charge in [-0.3, -0.25) is 4.79 Å². The summed E-state index contributed by atoms with van der Waals surface area (Å²) >= 11 is 6.09. The van der Waals surface area contributed by atoms with Crippen molar-refractivity contribution in [2.45, 2.75) is 51.4 Å². The van der Waals surface area contributed by atoms with Gasteiger partial charge in [-0.15, -0.1) is 0 Å². The average molecular weight is 540 g/mol. The number of ether oxygens (including phenoxy) is 4. The summed E-state index contributed by atoms with van der Waals surface area (Å²) in [5.74, 6) is 0.213. The Morgan fingerprint density at radius 2 is 1.66 bits per heavy atom. The van der Waals surface area contributed by atoms with Gasteiger partial charge in [-0.1, -0.05) is 37.1 Å². The number of rotatable bonds is 9. The van der Waals surface area contributed by atoms with Crippen LogP contribution >= 0.6 is 11.6 Å². The molecule has 0 aromatic heterocycles. The standard InChI is InChI=1S/C30H34ClNO6/c1-6-7-12-38-30(34)26-17(2)32-22-13-19(18-8-10-21(31)11-9-18)14-23(33)28(22)27(26)20-15-24(35-3)29(37-5)25(16-20)36-4/h8-11,15-16,19,27,32H,6-7,12-14H2,1-5H3. The van der Waals surface area contributed by atoms with Gasteiger partial charge in [0, 0.05) is 34.3 Å². The molecule has 2 aliphatic rings. The van der Waals surface area contributed by atoms with E-state index in [2.05, 4.69) is 5.32 Å². The van der Waals surface area contributed by atoms with Gasteiger partial charge in [0.1, 0.15) is 0 Å². The third kappa shape index (κ3) is 5.39. The van der Waals surface area contributed by atoms with Crippen LogP contribution in [0.2, 0.25) is 5.02 Å². The summed E-state index contributed by atoms with van der Waals surface area (Å²) < 4.78 is 22.3. The Bertz CT molecular complexity index is 1260. The molecule has 0 fully saturated rings. The Labute approximate surface area is 228 Å². The van der Waals surface area contributed by atoms with Gasteiger partial charge in [0.2, 0.25) is 5.75 Å². The first-order valence-corrected chi connectivity index (χ1v) is 13.2. The fraction of sp³-hybridized carbons (Fsp3) is 0.400. The van der Waals surface area contributed by atoms with Gasteiger partial charge >= 0.3 is 5.97 Å². The Hall–Kier alpha value is -3.45. The number of hydrogen-bond acceptors (Lipinski definition) is 7. The number of benzene rings is 2. The number of allylic oxidation sites excluding steroid dienone is 3. The van der Waals surface area contributed by atoms with Crippen LogP contribution in [0.25, 0.3) is 0 Å². The zero-order valence-corrected chi connectivity index (χ0v) is 23.2. The molecule has 38 heavy (non-hydrogen) atoms. The van der Waals surface area contributed by atoms with Crippen LogP contribution in [0.5, 0.6) is 17.2 Å². The second-order valence-electron chi connectivity index (χ2n) is 9.52. The van der Waals surface area contributed by atoms with E-state index in [4.69, 9.17) is 30.5 Å². The molecule has 0 saturated heterocycles. The summed E-state index contributed by atoms with van der Waals surface area (Å²) in [7, 11) is 4.61. The van der Waals surface area contributed by atoms with Crippen molar-refractivity contribution in [3.05, 3.63) is 75.1 Å². The van der Waals surface area contributed by atoms with Gasteiger partial charge in [0.15, 0.2) is 17.3 Å². The van der Waals surface area contributed by atoms with Gasteiger partial charge < -0.3 is 24.3 Å². The highest BCUT2D eigenvalue weighted by Crippen LogP contribution is 2.49. The fourth-order valence-electron chi connectivity index (χ4n) is 5.27. The molecular formula is C30H34ClNO6. The Balaban J connectivity index is 1.84. The first kappa shape index (κ1) is 27.6. The van der Waals surface area contributed by atoms with E-state index in [1.54, 1.807) is 12.1 Å². The molecule has 1 N–H and O–H groups in total. The van der Waals surface area contributed by atoms with E-state index in [1.807, 2.05) is 38.1 Å². The number of halogens is 1. The topological polar surface area (TPSA) is 83.1 Å².